The van der Waals surface area contributed by atoms with Crippen LogP contribution in [0.15, 0.2) is 48.8 Å². The van der Waals surface area contributed by atoms with Gasteiger partial charge in [0.15, 0.2) is 11.6 Å². The van der Waals surface area contributed by atoms with E-state index in [1.807, 2.05) is 13.8 Å². The largest absolute Gasteiger partial charge is 0.388 e. The average molecular weight is 385 g/mol. The van der Waals surface area contributed by atoms with Crippen LogP contribution in [0.1, 0.15) is 24.2 Å². The highest BCUT2D eigenvalue weighted by Crippen LogP contribution is 2.23. The van der Waals surface area contributed by atoms with Crippen LogP contribution in [0.3, 0.4) is 0 Å². The number of methoxy groups -OCH3 is 1. The lowest BCUT2D eigenvalue weighted by molar-refractivity contribution is 0.112. The van der Waals surface area contributed by atoms with E-state index in [2.05, 4.69) is 25.0 Å². The predicted octanol–water partition coefficient (Wildman–Crippen LogP) is 4.10. The Morgan fingerprint density at radius 3 is 2.18 bits per heavy atom. The van der Waals surface area contributed by atoms with E-state index in [-0.39, 0.29) is 5.82 Å². The number of nitrogens with zero attached hydrogens (tertiary/aromatic N) is 3. The first-order chi connectivity index (χ1) is 13.6. The minimum atomic E-state index is -0.425. The molecular formula is C20H24FN5O2. The molecule has 148 valence electrons. The summed E-state index contributed by atoms with van der Waals surface area (Å²) >= 11 is 0. The Morgan fingerprint density at radius 2 is 1.64 bits per heavy atom. The first-order valence-electron chi connectivity index (χ1n) is 8.54. The number of anilines is 3. The molecule has 0 aliphatic rings. The van der Waals surface area contributed by atoms with Crippen LogP contribution >= 0.6 is 0 Å². The fourth-order valence-electron chi connectivity index (χ4n) is 1.92. The van der Waals surface area contributed by atoms with Crippen LogP contribution in [0.25, 0.3) is 11.4 Å². The summed E-state index contributed by atoms with van der Waals surface area (Å²) in [6.45, 7) is 4.00. The Hall–Kier alpha value is -3.39. The Labute approximate surface area is 163 Å². The maximum absolute atomic E-state index is 12.9. The maximum atomic E-state index is 12.9. The molecule has 28 heavy (non-hydrogen) atoms. The summed E-state index contributed by atoms with van der Waals surface area (Å²) in [7, 11) is 3.25. The van der Waals surface area contributed by atoms with E-state index in [1.165, 1.54) is 18.3 Å². The molecule has 0 atom stereocenters. The van der Waals surface area contributed by atoms with Gasteiger partial charge in [-0.05, 0) is 36.4 Å². The number of carbonyl (C=O) groups excluding carboxylic acids is 1. The van der Waals surface area contributed by atoms with Gasteiger partial charge in [0.2, 0.25) is 0 Å². The predicted molar refractivity (Wildman–Crippen MR) is 109 cm³/mol. The summed E-state index contributed by atoms with van der Waals surface area (Å²) in [5.74, 6) is 0.147. The minimum absolute atomic E-state index is 0.218. The topological polar surface area (TPSA) is 103 Å². The third-order valence-corrected chi connectivity index (χ3v) is 3.10. The van der Waals surface area contributed by atoms with E-state index >= 15 is 0 Å². The molecule has 0 bridgehead atoms. The highest BCUT2D eigenvalue weighted by atomic mass is 19.1. The fraction of sp³-hybridized carbons (Fsp3) is 0.200. The number of benzene rings is 1. The van der Waals surface area contributed by atoms with Crippen LogP contribution in [0, 0.1) is 5.82 Å². The molecule has 0 fully saturated rings. The molecule has 0 saturated carbocycles. The summed E-state index contributed by atoms with van der Waals surface area (Å²) in [6.07, 6.45) is 3.34. The Bertz CT molecular complexity index is 855. The van der Waals surface area contributed by atoms with Crippen LogP contribution in [0.2, 0.25) is 0 Å². The van der Waals surface area contributed by atoms with Gasteiger partial charge in [0.25, 0.3) is 0 Å². The van der Waals surface area contributed by atoms with Crippen molar-refractivity contribution >= 4 is 23.6 Å². The number of nitrogens with two attached hydrogens (primary N) is 1. The summed E-state index contributed by atoms with van der Waals surface area (Å²) in [5, 5.41) is 3.03. The molecule has 0 saturated heterocycles. The highest BCUT2D eigenvalue weighted by Gasteiger charge is 2.08. The standard InChI is InChI=1S/C16H12FN5O.C2H6O.C2H6/c17-11-3-6-13(19-7-11)14-8-20-15(18)16(22-14)21-12-4-1-10(9-23)2-5-12;1-3-2;1-2/h1-9H,(H2,18,20)(H,21,22);1-2H3;1-2H3. The second-order valence-corrected chi connectivity index (χ2v) is 5.12. The number of ether oxygens (including phenoxy) is 1. The number of carbonyl (C=O) groups is 1. The number of hydrogen-bond donors (Lipinski definition) is 2. The Morgan fingerprint density at radius 1 is 1.00 bits per heavy atom. The second kappa shape index (κ2) is 12.1. The van der Waals surface area contributed by atoms with E-state index in [9.17, 15) is 9.18 Å². The van der Waals surface area contributed by atoms with Gasteiger partial charge in [0.05, 0.1) is 18.1 Å². The van der Waals surface area contributed by atoms with Crippen LogP contribution in [0.5, 0.6) is 0 Å². The smallest absolute Gasteiger partial charge is 0.174 e. The van der Waals surface area contributed by atoms with Crippen molar-refractivity contribution in [3.63, 3.8) is 0 Å². The monoisotopic (exact) mass is 385 g/mol. The van der Waals surface area contributed by atoms with Gasteiger partial charge in [-0.2, -0.15) is 0 Å². The first kappa shape index (κ1) is 22.7. The SMILES string of the molecule is CC.COC.Nc1ncc(-c2ccc(F)cn2)nc1Nc1ccc(C=O)cc1. The molecule has 0 unspecified atom stereocenters. The van der Waals surface area contributed by atoms with Crippen molar-refractivity contribution in [2.24, 2.45) is 0 Å². The van der Waals surface area contributed by atoms with Crippen molar-refractivity contribution in [1.82, 2.24) is 15.0 Å². The molecule has 7 nitrogen and oxygen atoms in total. The molecule has 3 aromatic rings. The molecule has 2 heterocycles. The normalized spacial score (nSPS) is 9.32. The maximum Gasteiger partial charge on any atom is 0.174 e. The number of nitrogen functional groups attached to an aromatic ring is 1. The van der Waals surface area contributed by atoms with Crippen LogP contribution < -0.4 is 11.1 Å². The zero-order chi connectivity index (χ0) is 20.9. The third kappa shape index (κ3) is 6.73. The van der Waals surface area contributed by atoms with Gasteiger partial charge < -0.3 is 15.8 Å². The lowest BCUT2D eigenvalue weighted by Crippen LogP contribution is -2.03. The van der Waals surface area contributed by atoms with Crippen molar-refractivity contribution in [1.29, 1.82) is 0 Å². The van der Waals surface area contributed by atoms with E-state index in [0.29, 0.717) is 28.5 Å². The zero-order valence-corrected chi connectivity index (χ0v) is 16.3. The van der Waals surface area contributed by atoms with Crippen molar-refractivity contribution < 1.29 is 13.9 Å². The second-order valence-electron chi connectivity index (χ2n) is 5.12. The van der Waals surface area contributed by atoms with Crippen LogP contribution in [0.4, 0.5) is 21.7 Å². The van der Waals surface area contributed by atoms with E-state index in [0.717, 1.165) is 12.5 Å². The van der Waals surface area contributed by atoms with E-state index < -0.39 is 5.82 Å². The highest BCUT2D eigenvalue weighted by molar-refractivity contribution is 5.76. The summed E-state index contributed by atoms with van der Waals surface area (Å²) in [5.41, 5.74) is 8.05. The van der Waals surface area contributed by atoms with E-state index in [4.69, 9.17) is 5.73 Å². The van der Waals surface area contributed by atoms with Gasteiger partial charge in [-0.1, -0.05) is 13.8 Å². The van der Waals surface area contributed by atoms with Gasteiger partial charge in [-0.25, -0.2) is 14.4 Å². The van der Waals surface area contributed by atoms with Gasteiger partial charge in [0.1, 0.15) is 17.8 Å². The number of aldehydes is 1. The minimum Gasteiger partial charge on any atom is -0.388 e. The van der Waals surface area contributed by atoms with Crippen molar-refractivity contribution in [3.8, 4) is 11.4 Å². The fourth-order valence-corrected chi connectivity index (χ4v) is 1.92. The summed E-state index contributed by atoms with van der Waals surface area (Å²) in [6, 6.07) is 9.61. The van der Waals surface area contributed by atoms with Crippen LogP contribution in [-0.2, 0) is 4.74 Å². The molecule has 8 heteroatoms. The summed E-state index contributed by atoms with van der Waals surface area (Å²) in [4.78, 5) is 23.1. The zero-order valence-electron chi connectivity index (χ0n) is 16.3. The molecule has 0 spiro atoms. The molecule has 1 aromatic carbocycles. The Balaban J connectivity index is 0.000000717. The van der Waals surface area contributed by atoms with Crippen molar-refractivity contribution in [3.05, 3.63) is 60.2 Å². The molecule has 0 amide bonds. The van der Waals surface area contributed by atoms with Gasteiger partial charge in [-0.3, -0.25) is 9.78 Å². The van der Waals surface area contributed by atoms with E-state index in [1.54, 1.807) is 38.5 Å². The van der Waals surface area contributed by atoms with Crippen LogP contribution in [-0.4, -0.2) is 35.5 Å². The molecule has 3 N–H and O–H groups in total. The number of halogens is 1. The van der Waals surface area contributed by atoms with Gasteiger partial charge >= 0.3 is 0 Å². The number of hydrogen-bond acceptors (Lipinski definition) is 7. The molecule has 0 radical (unpaired) electrons. The number of rotatable bonds is 4. The summed E-state index contributed by atoms with van der Waals surface area (Å²) < 4.78 is 17.2. The molecule has 3 rings (SSSR count). The number of pyridine rings is 1. The number of nitrogens with one attached hydrogen (secondary N) is 1. The third-order valence-electron chi connectivity index (χ3n) is 3.10. The Kier molecular flexibility index (Phi) is 9.77. The quantitative estimate of drug-likeness (QED) is 0.652. The van der Waals surface area contributed by atoms with Gasteiger partial charge in [0, 0.05) is 25.5 Å². The molecule has 0 aliphatic heterocycles. The molecular weight excluding hydrogens is 361 g/mol. The average Bonchev–Trinajstić information content (AvgIpc) is 2.73. The molecule has 2 aromatic heterocycles. The van der Waals surface area contributed by atoms with Crippen molar-refractivity contribution in [2.75, 3.05) is 25.3 Å². The lowest BCUT2D eigenvalue weighted by atomic mass is 10.2. The number of aromatic nitrogens is 3. The lowest BCUT2D eigenvalue weighted by Gasteiger charge is -2.09. The van der Waals surface area contributed by atoms with Crippen molar-refractivity contribution in [2.45, 2.75) is 13.8 Å². The molecule has 0 aliphatic carbocycles. The first-order valence-corrected chi connectivity index (χ1v) is 8.54. The van der Waals surface area contributed by atoms with Gasteiger partial charge in [-0.15, -0.1) is 0 Å².